The van der Waals surface area contributed by atoms with Crippen molar-refractivity contribution in [2.24, 2.45) is 10.2 Å². The Morgan fingerprint density at radius 1 is 0.685 bits per heavy atom. The van der Waals surface area contributed by atoms with Crippen LogP contribution in [-0.4, -0.2) is 108 Å². The van der Waals surface area contributed by atoms with E-state index in [1.54, 1.807) is 0 Å². The van der Waals surface area contributed by atoms with Crippen molar-refractivity contribution in [3.8, 4) is 5.75 Å². The van der Waals surface area contributed by atoms with Crippen molar-refractivity contribution in [3.63, 3.8) is 0 Å². The van der Waals surface area contributed by atoms with E-state index in [2.05, 4.69) is 40.7 Å². The summed E-state index contributed by atoms with van der Waals surface area (Å²) in [6.07, 6.45) is 2.04. The number of ether oxygens (including phenoxy) is 5. The van der Waals surface area contributed by atoms with Crippen LogP contribution in [0.3, 0.4) is 0 Å². The van der Waals surface area contributed by atoms with Gasteiger partial charge in [0.25, 0.3) is 0 Å². The summed E-state index contributed by atoms with van der Waals surface area (Å²) in [5, 5.41) is 15.0. The summed E-state index contributed by atoms with van der Waals surface area (Å²) >= 11 is 0. The van der Waals surface area contributed by atoms with Gasteiger partial charge in [-0.3, -0.25) is 19.2 Å². The quantitative estimate of drug-likeness (QED) is 0.0103. The lowest BCUT2D eigenvalue weighted by atomic mass is 10.1. The van der Waals surface area contributed by atoms with E-state index in [1.807, 2.05) is 0 Å². The molecule has 302 valence electrons. The molecule has 0 radical (unpaired) electrons. The standard InChI is InChI=1S/C31H44F5N9O9/c1-20(46)42-22(7-3-5-10-41-45-38)31(49)43-21(6-2-4-9-40-44-37)30(48)39-11-13-51-15-17-53-19-18-52-16-14-50-12-8-23(47)54-29-27(35)25(33)24(32)26(34)28(29)36/h21-22,38H,2-19H2,1H3,(H2-,39,42,43,46,48,49)/p+1/t21-,22-/m0/s1. The summed E-state index contributed by atoms with van der Waals surface area (Å²) in [7, 11) is 0. The molecule has 1 aromatic carbocycles. The molecule has 2 atom stereocenters. The number of hydrogen-bond donors (Lipinski definition) is 4. The monoisotopic (exact) mass is 782 g/mol. The molecule has 0 saturated heterocycles. The second-order valence-corrected chi connectivity index (χ2v) is 11.1. The molecule has 4 N–H and O–H groups in total. The maximum absolute atomic E-state index is 13.6. The van der Waals surface area contributed by atoms with Gasteiger partial charge in [0.2, 0.25) is 57.5 Å². The maximum atomic E-state index is 13.6. The number of esters is 1. The highest BCUT2D eigenvalue weighted by Crippen LogP contribution is 2.29. The number of nitrogens with one attached hydrogen (secondary N) is 4. The van der Waals surface area contributed by atoms with Crippen molar-refractivity contribution in [1.82, 2.24) is 20.9 Å². The zero-order valence-electron chi connectivity index (χ0n) is 29.7. The highest BCUT2D eigenvalue weighted by Gasteiger charge is 2.29. The number of halogens is 5. The van der Waals surface area contributed by atoms with E-state index in [0.717, 1.165) is 0 Å². The Bertz CT molecular complexity index is 1420. The summed E-state index contributed by atoms with van der Waals surface area (Å²) in [5.74, 6) is -15.8. The van der Waals surface area contributed by atoms with Crippen LogP contribution in [0, 0.1) is 34.6 Å². The molecule has 0 aliphatic heterocycles. The van der Waals surface area contributed by atoms with Gasteiger partial charge in [0, 0.05) is 24.9 Å². The third kappa shape index (κ3) is 19.9. The highest BCUT2D eigenvalue weighted by molar-refractivity contribution is 5.91. The molecule has 1 rings (SSSR count). The van der Waals surface area contributed by atoms with Crippen LogP contribution in [0.4, 0.5) is 22.0 Å². The van der Waals surface area contributed by atoms with Crippen LogP contribution < -0.4 is 25.6 Å². The Morgan fingerprint density at radius 2 is 1.17 bits per heavy atom. The minimum Gasteiger partial charge on any atom is -0.420 e. The van der Waals surface area contributed by atoms with E-state index in [0.29, 0.717) is 32.2 Å². The van der Waals surface area contributed by atoms with Crippen LogP contribution in [0.5, 0.6) is 5.75 Å². The SMILES string of the molecule is CC(=O)N[C@@H](CCCCN=[N+]=N)C(=O)N[C@@H](CCCCN=[N+]=[N-])C(=O)NCCOCCOCCOCCOCCC(=O)Oc1c(F)c(F)c(F)c(F)c1F. The molecule has 0 spiro atoms. The fourth-order valence-corrected chi connectivity index (χ4v) is 4.34. The largest absolute Gasteiger partial charge is 0.420 e. The van der Waals surface area contributed by atoms with Gasteiger partial charge in [-0.2, -0.15) is 8.78 Å². The molecule has 0 aromatic heterocycles. The van der Waals surface area contributed by atoms with Crippen LogP contribution >= 0.6 is 0 Å². The summed E-state index contributed by atoms with van der Waals surface area (Å²) in [6.45, 7) is 2.69. The lowest BCUT2D eigenvalue weighted by Crippen LogP contribution is -2.53. The molecule has 1 aromatic rings. The number of amides is 3. The number of rotatable bonds is 30. The summed E-state index contributed by atoms with van der Waals surface area (Å²) < 4.78 is 92.1. The predicted molar refractivity (Wildman–Crippen MR) is 176 cm³/mol. The topological polar surface area (TPSA) is 250 Å². The van der Waals surface area contributed by atoms with Crippen LogP contribution in [0.15, 0.2) is 10.2 Å². The number of hydrogen-bond acceptors (Lipinski definition) is 12. The van der Waals surface area contributed by atoms with Gasteiger partial charge in [-0.05, 0) is 37.6 Å². The van der Waals surface area contributed by atoms with Crippen molar-refractivity contribution in [1.29, 1.82) is 5.53 Å². The van der Waals surface area contributed by atoms with Crippen molar-refractivity contribution >= 4 is 23.7 Å². The first-order chi connectivity index (χ1) is 25.9. The van der Waals surface area contributed by atoms with E-state index in [-0.39, 0.29) is 78.8 Å². The van der Waals surface area contributed by atoms with E-state index in [1.165, 1.54) is 6.92 Å². The van der Waals surface area contributed by atoms with Gasteiger partial charge in [-0.1, -0.05) is 11.5 Å². The van der Waals surface area contributed by atoms with Crippen LogP contribution in [0.2, 0.25) is 0 Å². The van der Waals surface area contributed by atoms with Crippen molar-refractivity contribution in [2.45, 2.75) is 64.0 Å². The maximum Gasteiger partial charge on any atom is 0.313 e. The molecule has 0 aliphatic carbocycles. The minimum absolute atomic E-state index is 0.0166. The second kappa shape index (κ2) is 28.7. The fourth-order valence-electron chi connectivity index (χ4n) is 4.34. The molecule has 3 amide bonds. The van der Waals surface area contributed by atoms with Crippen molar-refractivity contribution in [3.05, 3.63) is 39.5 Å². The Balaban J connectivity index is 2.27. The Labute approximate surface area is 307 Å². The first-order valence-electron chi connectivity index (χ1n) is 16.9. The number of azide groups is 1. The van der Waals surface area contributed by atoms with Crippen LogP contribution in [-0.2, 0) is 38.1 Å². The predicted octanol–water partition coefficient (Wildman–Crippen LogP) is 3.05. The highest BCUT2D eigenvalue weighted by atomic mass is 19.2. The molecular formula is C31H45F5N9O9+. The molecule has 0 heterocycles. The molecule has 0 bridgehead atoms. The molecule has 18 nitrogen and oxygen atoms in total. The normalized spacial score (nSPS) is 11.8. The van der Waals surface area contributed by atoms with E-state index in [4.69, 9.17) is 30.0 Å². The summed E-state index contributed by atoms with van der Waals surface area (Å²) in [5.41, 5.74) is 15.2. The minimum atomic E-state index is -2.37. The lowest BCUT2D eigenvalue weighted by molar-refractivity contribution is -0.136. The number of nitrogens with zero attached hydrogens (tertiary/aromatic N) is 5. The Hall–Kier alpha value is -4.79. The fraction of sp³-hybridized carbons (Fsp3) is 0.677. The van der Waals surface area contributed by atoms with Gasteiger partial charge in [-0.25, -0.2) is 13.2 Å². The van der Waals surface area contributed by atoms with Gasteiger partial charge in [0.05, 0.1) is 59.3 Å². The first kappa shape index (κ1) is 47.2. The third-order valence-corrected chi connectivity index (χ3v) is 6.96. The molecule has 23 heteroatoms. The van der Waals surface area contributed by atoms with Gasteiger partial charge in [-0.15, -0.1) is 0 Å². The molecule has 54 heavy (non-hydrogen) atoms. The number of carbonyl (C=O) groups excluding carboxylic acids is 4. The number of unbranched alkanes of at least 4 members (excludes halogenated alkanes) is 2. The third-order valence-electron chi connectivity index (χ3n) is 6.96. The first-order valence-corrected chi connectivity index (χ1v) is 16.9. The van der Waals surface area contributed by atoms with E-state index < -0.39 is 77.0 Å². The van der Waals surface area contributed by atoms with Gasteiger partial charge in [0.1, 0.15) is 29.3 Å². The van der Waals surface area contributed by atoms with Crippen molar-refractivity contribution in [2.75, 3.05) is 72.5 Å². The Kier molecular flexibility index (Phi) is 25.1. The smallest absolute Gasteiger partial charge is 0.313 e. The second-order valence-electron chi connectivity index (χ2n) is 11.1. The zero-order valence-corrected chi connectivity index (χ0v) is 29.7. The molecule has 0 fully saturated rings. The zero-order chi connectivity index (χ0) is 40.1. The van der Waals surface area contributed by atoms with Crippen LogP contribution in [0.25, 0.3) is 10.4 Å². The molecule has 0 saturated carbocycles. The average molecular weight is 783 g/mol. The summed E-state index contributed by atoms with van der Waals surface area (Å²) in [6, 6.07) is -1.81. The summed E-state index contributed by atoms with van der Waals surface area (Å²) in [4.78, 5) is 54.9. The van der Waals surface area contributed by atoms with Gasteiger partial charge < -0.3 is 39.6 Å². The lowest BCUT2D eigenvalue weighted by Gasteiger charge is -2.23. The molecular weight excluding hydrogens is 737 g/mol. The van der Waals surface area contributed by atoms with Crippen molar-refractivity contribution < 1.29 is 64.8 Å². The van der Waals surface area contributed by atoms with Gasteiger partial charge in [0.15, 0.2) is 0 Å². The van der Waals surface area contributed by atoms with Gasteiger partial charge >= 0.3 is 5.97 Å². The van der Waals surface area contributed by atoms with E-state index >= 15 is 0 Å². The van der Waals surface area contributed by atoms with E-state index in [9.17, 15) is 41.1 Å². The average Bonchev–Trinajstić information content (AvgIpc) is 3.14. The molecule has 0 unspecified atom stereocenters. The van der Waals surface area contributed by atoms with Crippen LogP contribution in [0.1, 0.15) is 51.9 Å². The number of benzene rings is 1. The number of carbonyl (C=O) groups is 4. The Morgan fingerprint density at radius 3 is 1.69 bits per heavy atom. The molecule has 0 aliphatic rings.